The molecule has 0 aliphatic carbocycles. The lowest BCUT2D eigenvalue weighted by Gasteiger charge is -2.05. The molecule has 1 aliphatic heterocycles. The minimum Gasteiger partial charge on any atom is -0.347 e. The van der Waals surface area contributed by atoms with Crippen LogP contribution in [0.3, 0.4) is 0 Å². The van der Waals surface area contributed by atoms with Gasteiger partial charge in [0.05, 0.1) is 19.0 Å². The van der Waals surface area contributed by atoms with Crippen molar-refractivity contribution in [1.82, 2.24) is 4.57 Å². The Kier molecular flexibility index (Phi) is 2.72. The number of nitrogens with zero attached hydrogens (tertiary/aromatic N) is 2. The van der Waals surface area contributed by atoms with Crippen molar-refractivity contribution in [3.05, 3.63) is 12.0 Å². The Balaban J connectivity index is 2.36. The summed E-state index contributed by atoms with van der Waals surface area (Å²) in [7, 11) is 0. The van der Waals surface area contributed by atoms with E-state index in [1.54, 1.807) is 0 Å². The lowest BCUT2D eigenvalue weighted by molar-refractivity contribution is -0.721. The molecule has 0 saturated heterocycles. The number of fused-ring (bicyclic) bond motifs is 1. The second-order valence-corrected chi connectivity index (χ2v) is 4.99. The van der Waals surface area contributed by atoms with Crippen LogP contribution in [0.2, 0.25) is 0 Å². The van der Waals surface area contributed by atoms with Gasteiger partial charge < -0.3 is 5.32 Å². The van der Waals surface area contributed by atoms with Crippen molar-refractivity contribution in [3.8, 4) is 0 Å². The summed E-state index contributed by atoms with van der Waals surface area (Å²) >= 11 is 0. The van der Waals surface area contributed by atoms with Gasteiger partial charge in [0.2, 0.25) is 5.82 Å². The number of hydrogen-bond acceptors (Lipinski definition) is 1. The Morgan fingerprint density at radius 1 is 1.33 bits per heavy atom. The average molecular weight is 208 g/mol. The van der Waals surface area contributed by atoms with Crippen LogP contribution < -0.4 is 9.88 Å². The van der Waals surface area contributed by atoms with E-state index in [-0.39, 0.29) is 0 Å². The molecule has 0 saturated carbocycles. The van der Waals surface area contributed by atoms with Gasteiger partial charge in [-0.15, -0.1) is 0 Å². The van der Waals surface area contributed by atoms with Gasteiger partial charge in [0.15, 0.2) is 6.20 Å². The zero-order valence-corrected chi connectivity index (χ0v) is 10.2. The molecular weight excluding hydrogens is 186 g/mol. The zero-order valence-electron chi connectivity index (χ0n) is 10.2. The number of nitrogens with one attached hydrogen (secondary N) is 1. The molecule has 1 aliphatic rings. The highest BCUT2D eigenvalue weighted by Crippen LogP contribution is 2.20. The molecule has 3 nitrogen and oxygen atoms in total. The van der Waals surface area contributed by atoms with Crippen molar-refractivity contribution in [2.75, 3.05) is 5.32 Å². The summed E-state index contributed by atoms with van der Waals surface area (Å²) in [6.45, 7) is 10.0. The van der Waals surface area contributed by atoms with Crippen molar-refractivity contribution in [3.63, 3.8) is 0 Å². The molecule has 0 amide bonds. The standard InChI is InChI=1S/C12H22N3/c1-9(2)13-11-8-15(10(3)4)12-6-5-7-14(11)12/h8-10,13H,5-7H2,1-4H3/q+1. The molecule has 84 valence electrons. The van der Waals surface area contributed by atoms with Crippen LogP contribution in [-0.4, -0.2) is 10.6 Å². The third-order valence-electron chi connectivity index (χ3n) is 2.94. The molecule has 2 heterocycles. The van der Waals surface area contributed by atoms with Gasteiger partial charge in [-0.1, -0.05) is 0 Å². The van der Waals surface area contributed by atoms with E-state index < -0.39 is 0 Å². The largest absolute Gasteiger partial charge is 0.347 e. The maximum Gasteiger partial charge on any atom is 0.258 e. The minimum absolute atomic E-state index is 0.505. The summed E-state index contributed by atoms with van der Waals surface area (Å²) < 4.78 is 4.83. The van der Waals surface area contributed by atoms with Crippen molar-refractivity contribution in [2.45, 2.75) is 59.2 Å². The number of rotatable bonds is 3. The highest BCUT2D eigenvalue weighted by Gasteiger charge is 2.29. The molecule has 0 bridgehead atoms. The minimum atomic E-state index is 0.505. The molecule has 1 N–H and O–H groups in total. The number of aromatic nitrogens is 2. The first-order valence-electron chi connectivity index (χ1n) is 5.99. The third-order valence-corrected chi connectivity index (χ3v) is 2.94. The van der Waals surface area contributed by atoms with Crippen LogP contribution in [-0.2, 0) is 13.0 Å². The molecular formula is C12H22N3+. The lowest BCUT2D eigenvalue weighted by Crippen LogP contribution is -2.38. The van der Waals surface area contributed by atoms with Gasteiger partial charge in [0, 0.05) is 6.04 Å². The van der Waals surface area contributed by atoms with Crippen molar-refractivity contribution < 1.29 is 4.57 Å². The number of imidazole rings is 1. The van der Waals surface area contributed by atoms with Crippen LogP contribution in [0.25, 0.3) is 0 Å². The van der Waals surface area contributed by atoms with Crippen LogP contribution >= 0.6 is 0 Å². The molecule has 0 fully saturated rings. The topological polar surface area (TPSA) is 20.8 Å². The lowest BCUT2D eigenvalue weighted by atomic mass is 10.3. The first-order valence-corrected chi connectivity index (χ1v) is 5.99. The molecule has 0 aromatic carbocycles. The predicted molar refractivity (Wildman–Crippen MR) is 62.1 cm³/mol. The first-order chi connectivity index (χ1) is 7.09. The molecule has 1 aromatic rings. The highest BCUT2D eigenvalue weighted by atomic mass is 15.3. The molecule has 0 unspecified atom stereocenters. The van der Waals surface area contributed by atoms with E-state index in [2.05, 4.69) is 48.3 Å². The molecule has 15 heavy (non-hydrogen) atoms. The molecule has 0 spiro atoms. The molecule has 3 heteroatoms. The Bertz CT molecular complexity index is 350. The maximum absolute atomic E-state index is 3.52. The Morgan fingerprint density at radius 2 is 2.07 bits per heavy atom. The van der Waals surface area contributed by atoms with E-state index in [0.29, 0.717) is 12.1 Å². The second kappa shape index (κ2) is 3.87. The van der Waals surface area contributed by atoms with E-state index in [1.165, 1.54) is 31.0 Å². The van der Waals surface area contributed by atoms with Gasteiger partial charge in [0.1, 0.15) is 0 Å². The van der Waals surface area contributed by atoms with Gasteiger partial charge >= 0.3 is 0 Å². The van der Waals surface area contributed by atoms with Crippen molar-refractivity contribution >= 4 is 5.82 Å². The second-order valence-electron chi connectivity index (χ2n) is 4.99. The summed E-state index contributed by atoms with van der Waals surface area (Å²) in [6.07, 6.45) is 4.77. The quantitative estimate of drug-likeness (QED) is 0.755. The monoisotopic (exact) mass is 208 g/mol. The summed E-state index contributed by atoms with van der Waals surface area (Å²) in [5, 5.41) is 3.52. The number of hydrogen-bond donors (Lipinski definition) is 1. The van der Waals surface area contributed by atoms with E-state index in [0.717, 1.165) is 0 Å². The van der Waals surface area contributed by atoms with Crippen LogP contribution in [0.5, 0.6) is 0 Å². The normalized spacial score (nSPS) is 15.1. The van der Waals surface area contributed by atoms with Crippen LogP contribution in [0.4, 0.5) is 5.82 Å². The summed E-state index contributed by atoms with van der Waals surface area (Å²) in [5.74, 6) is 2.76. The first kappa shape index (κ1) is 10.5. The zero-order chi connectivity index (χ0) is 11.0. The van der Waals surface area contributed by atoms with Crippen molar-refractivity contribution in [2.24, 2.45) is 0 Å². The predicted octanol–water partition coefficient (Wildman–Crippen LogP) is 2.12. The van der Waals surface area contributed by atoms with Gasteiger partial charge in [-0.25, -0.2) is 9.13 Å². The van der Waals surface area contributed by atoms with Crippen LogP contribution in [0, 0.1) is 0 Å². The van der Waals surface area contributed by atoms with E-state index in [9.17, 15) is 0 Å². The fourth-order valence-electron chi connectivity index (χ4n) is 2.32. The van der Waals surface area contributed by atoms with Gasteiger partial charge in [-0.3, -0.25) is 0 Å². The molecule has 1 aromatic heterocycles. The smallest absolute Gasteiger partial charge is 0.258 e. The Labute approximate surface area is 92.1 Å². The maximum atomic E-state index is 3.52. The van der Waals surface area contributed by atoms with Crippen molar-refractivity contribution in [1.29, 1.82) is 0 Å². The summed E-state index contributed by atoms with van der Waals surface area (Å²) in [5.41, 5.74) is 0. The van der Waals surface area contributed by atoms with Crippen LogP contribution in [0.1, 0.15) is 46.0 Å². The molecule has 2 rings (SSSR count). The summed E-state index contributed by atoms with van der Waals surface area (Å²) in [6, 6.07) is 1.07. The van der Waals surface area contributed by atoms with Gasteiger partial charge in [0.25, 0.3) is 5.82 Å². The SMILES string of the molecule is CC(C)Nc1c[n+](C(C)C)c2n1CCC2. The van der Waals surface area contributed by atoms with Crippen LogP contribution in [0.15, 0.2) is 6.20 Å². The fraction of sp³-hybridized carbons (Fsp3) is 0.750. The number of anilines is 1. The van der Waals surface area contributed by atoms with E-state index >= 15 is 0 Å². The molecule has 0 atom stereocenters. The van der Waals surface area contributed by atoms with Gasteiger partial charge in [-0.05, 0) is 34.1 Å². The summed E-state index contributed by atoms with van der Waals surface area (Å²) in [4.78, 5) is 0. The fourth-order valence-corrected chi connectivity index (χ4v) is 2.32. The van der Waals surface area contributed by atoms with E-state index in [1.807, 2.05) is 0 Å². The molecule has 0 radical (unpaired) electrons. The van der Waals surface area contributed by atoms with E-state index in [4.69, 9.17) is 0 Å². The Hall–Kier alpha value is -0.990. The average Bonchev–Trinajstić information content (AvgIpc) is 2.66. The highest BCUT2D eigenvalue weighted by molar-refractivity contribution is 5.34. The Morgan fingerprint density at radius 3 is 2.67 bits per heavy atom. The van der Waals surface area contributed by atoms with Gasteiger partial charge in [-0.2, -0.15) is 0 Å². The third kappa shape index (κ3) is 1.87.